The second kappa shape index (κ2) is 5.86. The smallest absolute Gasteiger partial charge is 0.250 e. The summed E-state index contributed by atoms with van der Waals surface area (Å²) < 4.78 is 14.1. The van der Waals surface area contributed by atoms with Crippen LogP contribution in [0.15, 0.2) is 18.2 Å². The highest BCUT2D eigenvalue weighted by Crippen LogP contribution is 2.54. The van der Waals surface area contributed by atoms with Crippen molar-refractivity contribution in [2.75, 3.05) is 5.32 Å². The summed E-state index contributed by atoms with van der Waals surface area (Å²) in [5.74, 6) is -2.77. The van der Waals surface area contributed by atoms with Crippen LogP contribution >= 0.6 is 0 Å². The van der Waals surface area contributed by atoms with Gasteiger partial charge >= 0.3 is 0 Å². The largest absolute Gasteiger partial charge is 0.324 e. The molecule has 2 N–H and O–H groups in total. The minimum atomic E-state index is -1.42. The Morgan fingerprint density at radius 1 is 1.18 bits per heavy atom. The van der Waals surface area contributed by atoms with Crippen LogP contribution in [0.4, 0.5) is 10.1 Å². The van der Waals surface area contributed by atoms with Gasteiger partial charge in [0.1, 0.15) is 11.4 Å². The Morgan fingerprint density at radius 2 is 1.86 bits per heavy atom. The Balaban J connectivity index is 1.91. The van der Waals surface area contributed by atoms with Crippen LogP contribution in [0.5, 0.6) is 0 Å². The third-order valence-electron chi connectivity index (χ3n) is 6.07. The third-order valence-corrected chi connectivity index (χ3v) is 6.07. The molecule has 3 aliphatic heterocycles. The predicted octanol–water partition coefficient (Wildman–Crippen LogP) is 2.39. The van der Waals surface area contributed by atoms with Gasteiger partial charge < -0.3 is 5.32 Å². The highest BCUT2D eigenvalue weighted by Gasteiger charge is 2.71. The maximum Gasteiger partial charge on any atom is 0.250 e. The van der Waals surface area contributed by atoms with E-state index in [1.807, 2.05) is 34.6 Å². The molecule has 3 heterocycles. The van der Waals surface area contributed by atoms with Gasteiger partial charge in [0.05, 0.1) is 11.8 Å². The van der Waals surface area contributed by atoms with E-state index in [9.17, 15) is 18.8 Å². The van der Waals surface area contributed by atoms with Gasteiger partial charge in [0.25, 0.3) is 0 Å². The number of carbonyl (C=O) groups is 3. The lowest BCUT2D eigenvalue weighted by molar-refractivity contribution is -0.147. The number of anilines is 1. The second-order valence-electron chi connectivity index (χ2n) is 9.52. The van der Waals surface area contributed by atoms with E-state index < -0.39 is 34.6 Å². The van der Waals surface area contributed by atoms with Crippen molar-refractivity contribution in [3.63, 3.8) is 0 Å². The summed E-state index contributed by atoms with van der Waals surface area (Å²) >= 11 is 0. The first-order chi connectivity index (χ1) is 13.0. The van der Waals surface area contributed by atoms with Crippen LogP contribution in [0.3, 0.4) is 0 Å². The van der Waals surface area contributed by atoms with Crippen LogP contribution in [0.25, 0.3) is 0 Å². The molecule has 0 aliphatic carbocycles. The maximum absolute atomic E-state index is 14.1. The zero-order valence-electron chi connectivity index (χ0n) is 16.8. The average molecular weight is 387 g/mol. The van der Waals surface area contributed by atoms with Crippen molar-refractivity contribution in [2.24, 2.45) is 17.8 Å². The summed E-state index contributed by atoms with van der Waals surface area (Å²) in [7, 11) is 0. The quantitative estimate of drug-likeness (QED) is 0.764. The van der Waals surface area contributed by atoms with Crippen LogP contribution in [-0.2, 0) is 19.9 Å². The molecule has 1 aromatic rings. The Bertz CT molecular complexity index is 891. The summed E-state index contributed by atoms with van der Waals surface area (Å²) in [6.45, 7) is 9.50. The normalized spacial score (nSPS) is 31.8. The van der Waals surface area contributed by atoms with Crippen molar-refractivity contribution < 1.29 is 18.8 Å². The molecule has 2 saturated heterocycles. The van der Waals surface area contributed by atoms with Crippen molar-refractivity contribution in [2.45, 2.75) is 58.2 Å². The van der Waals surface area contributed by atoms with Crippen molar-refractivity contribution >= 4 is 23.4 Å². The van der Waals surface area contributed by atoms with Gasteiger partial charge in [0.2, 0.25) is 17.7 Å². The van der Waals surface area contributed by atoms with E-state index in [1.54, 1.807) is 0 Å². The van der Waals surface area contributed by atoms with Gasteiger partial charge in [0.15, 0.2) is 0 Å². The van der Waals surface area contributed by atoms with Crippen LogP contribution < -0.4 is 10.6 Å². The zero-order chi connectivity index (χ0) is 20.6. The minimum absolute atomic E-state index is 0.254. The number of hydrogen-bond donors (Lipinski definition) is 2. The highest BCUT2D eigenvalue weighted by molar-refractivity contribution is 6.15. The Labute approximate surface area is 163 Å². The number of likely N-dealkylation sites (tertiary alicyclic amines) is 1. The number of imide groups is 1. The molecular formula is C21H26FN3O3. The number of halogens is 1. The maximum atomic E-state index is 14.1. The van der Waals surface area contributed by atoms with E-state index in [4.69, 9.17) is 0 Å². The van der Waals surface area contributed by atoms with Crippen molar-refractivity contribution in [1.82, 2.24) is 10.2 Å². The van der Waals surface area contributed by atoms with E-state index in [0.717, 1.165) is 0 Å². The molecule has 4 atom stereocenters. The van der Waals surface area contributed by atoms with Gasteiger partial charge in [-0.2, -0.15) is 0 Å². The zero-order valence-corrected chi connectivity index (χ0v) is 16.8. The Hall–Kier alpha value is -2.28. The molecule has 0 saturated carbocycles. The third kappa shape index (κ3) is 2.38. The lowest BCUT2D eigenvalue weighted by atomic mass is 9.76. The van der Waals surface area contributed by atoms with E-state index in [1.165, 1.54) is 23.1 Å². The molecule has 0 bridgehead atoms. The molecule has 1 aromatic carbocycles. The van der Waals surface area contributed by atoms with Crippen LogP contribution in [0.1, 0.15) is 46.6 Å². The molecule has 1 spiro atoms. The van der Waals surface area contributed by atoms with E-state index in [2.05, 4.69) is 10.6 Å². The standard InChI is InChI=1S/C21H26FN3O3/c1-10(2)8-14-15-16(18(27)25(17(15)26)20(3,4)5)21(24-14)12-9-11(22)6-7-13(12)23-19(21)28/h6-7,9-10,14-16,24H,8H2,1-5H3,(H,23,28)/t14-,15+,16-,21+/m0/s1. The minimum Gasteiger partial charge on any atom is -0.324 e. The lowest BCUT2D eigenvalue weighted by Crippen LogP contribution is -2.55. The van der Waals surface area contributed by atoms with Gasteiger partial charge in [-0.05, 0) is 51.3 Å². The number of hydrogen-bond acceptors (Lipinski definition) is 4. The number of benzene rings is 1. The van der Waals surface area contributed by atoms with Crippen molar-refractivity contribution in [3.8, 4) is 0 Å². The topological polar surface area (TPSA) is 78.5 Å². The monoisotopic (exact) mass is 387 g/mol. The molecule has 3 aliphatic rings. The second-order valence-corrected chi connectivity index (χ2v) is 9.52. The number of amides is 3. The Morgan fingerprint density at radius 3 is 2.46 bits per heavy atom. The predicted molar refractivity (Wildman–Crippen MR) is 102 cm³/mol. The molecule has 0 radical (unpaired) electrons. The number of nitrogens with one attached hydrogen (secondary N) is 2. The van der Waals surface area contributed by atoms with Gasteiger partial charge in [-0.25, -0.2) is 4.39 Å². The molecule has 0 aromatic heterocycles. The van der Waals surface area contributed by atoms with Crippen molar-refractivity contribution in [3.05, 3.63) is 29.6 Å². The SMILES string of the molecule is CC(C)C[C@@H]1N[C@@]2(C(=O)Nc3ccc(F)cc32)[C@@H]2C(=O)N(C(C)(C)C)C(=O)[C@H]12. The van der Waals surface area contributed by atoms with Crippen molar-refractivity contribution in [1.29, 1.82) is 0 Å². The molecule has 0 unspecified atom stereocenters. The molecule has 150 valence electrons. The molecular weight excluding hydrogens is 361 g/mol. The molecule has 7 heteroatoms. The van der Waals surface area contributed by atoms with Gasteiger partial charge in [0, 0.05) is 22.8 Å². The molecule has 6 nitrogen and oxygen atoms in total. The molecule has 28 heavy (non-hydrogen) atoms. The first-order valence-electron chi connectivity index (χ1n) is 9.75. The summed E-state index contributed by atoms with van der Waals surface area (Å²) in [5.41, 5.74) is -1.22. The summed E-state index contributed by atoms with van der Waals surface area (Å²) in [5, 5.41) is 6.10. The summed E-state index contributed by atoms with van der Waals surface area (Å²) in [4.78, 5) is 41.3. The first kappa shape index (κ1) is 19.1. The van der Waals surface area contributed by atoms with Crippen LogP contribution in [0, 0.1) is 23.6 Å². The van der Waals surface area contributed by atoms with E-state index in [0.29, 0.717) is 17.7 Å². The van der Waals surface area contributed by atoms with Gasteiger partial charge in [-0.1, -0.05) is 13.8 Å². The Kier molecular flexibility index (Phi) is 3.99. The average Bonchev–Trinajstić information content (AvgIpc) is 3.12. The van der Waals surface area contributed by atoms with E-state index >= 15 is 0 Å². The van der Waals surface area contributed by atoms with E-state index in [-0.39, 0.29) is 23.8 Å². The fourth-order valence-electron chi connectivity index (χ4n) is 5.15. The first-order valence-corrected chi connectivity index (χ1v) is 9.75. The van der Waals surface area contributed by atoms with Crippen LogP contribution in [0.2, 0.25) is 0 Å². The lowest BCUT2D eigenvalue weighted by Gasteiger charge is -2.34. The fraction of sp³-hybridized carbons (Fsp3) is 0.571. The number of carbonyl (C=O) groups excluding carboxylic acids is 3. The molecule has 3 amide bonds. The number of rotatable bonds is 2. The van der Waals surface area contributed by atoms with Gasteiger partial charge in [-0.15, -0.1) is 0 Å². The molecule has 2 fully saturated rings. The summed E-state index contributed by atoms with van der Waals surface area (Å²) in [6.07, 6.45) is 0.637. The number of fused-ring (bicyclic) bond motifs is 4. The van der Waals surface area contributed by atoms with Crippen LogP contribution in [-0.4, -0.2) is 34.2 Å². The number of nitrogens with zero attached hydrogens (tertiary/aromatic N) is 1. The summed E-state index contributed by atoms with van der Waals surface area (Å²) in [6, 6.07) is 3.74. The molecule has 4 rings (SSSR count). The highest BCUT2D eigenvalue weighted by atomic mass is 19.1. The fourth-order valence-corrected chi connectivity index (χ4v) is 5.15. The van der Waals surface area contributed by atoms with Gasteiger partial charge in [-0.3, -0.25) is 24.6 Å².